The van der Waals surface area contributed by atoms with Crippen LogP contribution in [-0.4, -0.2) is 32.8 Å². The number of allylic oxidation sites excluding steroid dienone is 2. The molecule has 2 aliphatic carbocycles. The fraction of sp³-hybridized carbons (Fsp3) is 0.333. The van der Waals surface area contributed by atoms with E-state index in [-0.39, 0.29) is 52.0 Å². The second-order valence-electron chi connectivity index (χ2n) is 10.9. The van der Waals surface area contributed by atoms with Gasteiger partial charge in [-0.1, -0.05) is 13.0 Å². The highest BCUT2D eigenvalue weighted by atomic mass is 19.4. The largest absolute Gasteiger partial charge is 0.435 e. The normalized spacial score (nSPS) is 20.2. The summed E-state index contributed by atoms with van der Waals surface area (Å²) in [6.07, 6.45) is -4.54. The Bertz CT molecular complexity index is 1690. The molecule has 2 aromatic carbocycles. The minimum absolute atomic E-state index is 0.0727. The predicted octanol–water partition coefficient (Wildman–Crippen LogP) is 5.22. The van der Waals surface area contributed by atoms with Crippen molar-refractivity contribution in [2.45, 2.75) is 57.3 Å². The van der Waals surface area contributed by atoms with Crippen LogP contribution < -0.4 is 11.1 Å². The number of halogens is 6. The van der Waals surface area contributed by atoms with Gasteiger partial charge in [-0.3, -0.25) is 19.9 Å². The summed E-state index contributed by atoms with van der Waals surface area (Å²) < 4.78 is 84.7. The number of alkyl halides is 3. The van der Waals surface area contributed by atoms with Crippen LogP contribution in [0.2, 0.25) is 0 Å². The number of aromatic nitrogens is 2. The summed E-state index contributed by atoms with van der Waals surface area (Å²) in [6, 6.07) is 6.69. The highest BCUT2D eigenvalue weighted by Gasteiger charge is 2.58. The molecule has 0 radical (unpaired) electrons. The van der Waals surface area contributed by atoms with Crippen LogP contribution in [-0.2, 0) is 23.9 Å². The van der Waals surface area contributed by atoms with Gasteiger partial charge in [0.15, 0.2) is 5.69 Å². The number of aliphatic hydroxyl groups excluding tert-OH is 1. The second kappa shape index (κ2) is 11.6. The molecule has 2 aliphatic rings. The smallest absolute Gasteiger partial charge is 0.388 e. The van der Waals surface area contributed by atoms with Crippen molar-refractivity contribution in [2.75, 3.05) is 0 Å². The van der Waals surface area contributed by atoms with Crippen molar-refractivity contribution in [3.8, 4) is 0 Å². The van der Waals surface area contributed by atoms with E-state index in [1.807, 2.05) is 0 Å². The van der Waals surface area contributed by atoms with Gasteiger partial charge in [0.1, 0.15) is 29.8 Å². The Labute approximate surface area is 247 Å². The number of rotatable bonds is 9. The fourth-order valence-corrected chi connectivity index (χ4v) is 5.82. The number of amidine groups is 1. The lowest BCUT2D eigenvalue weighted by Gasteiger charge is -2.20. The molecule has 5 rings (SSSR count). The van der Waals surface area contributed by atoms with Crippen LogP contribution in [0.1, 0.15) is 71.8 Å². The molecule has 0 bridgehead atoms. The Hall–Kier alpha value is -4.46. The molecule has 0 saturated heterocycles. The summed E-state index contributed by atoms with van der Waals surface area (Å²) in [4.78, 5) is 17.8. The number of fused-ring (bicyclic) bond motifs is 3. The van der Waals surface area contributed by atoms with E-state index in [1.165, 1.54) is 18.3 Å². The van der Waals surface area contributed by atoms with Crippen molar-refractivity contribution in [3.63, 3.8) is 0 Å². The van der Waals surface area contributed by atoms with Crippen molar-refractivity contribution in [1.82, 2.24) is 15.1 Å². The van der Waals surface area contributed by atoms with Crippen LogP contribution in [0.5, 0.6) is 0 Å². The lowest BCUT2D eigenvalue weighted by atomic mass is 9.93. The summed E-state index contributed by atoms with van der Waals surface area (Å²) in [6.45, 7) is 2.61. The van der Waals surface area contributed by atoms with Gasteiger partial charge in [0.25, 0.3) is 0 Å². The predicted molar refractivity (Wildman–Crippen MR) is 148 cm³/mol. The van der Waals surface area contributed by atoms with E-state index >= 15 is 0 Å². The van der Waals surface area contributed by atoms with Crippen molar-refractivity contribution in [1.29, 1.82) is 5.41 Å². The average Bonchev–Trinajstić information content (AvgIpc) is 3.54. The van der Waals surface area contributed by atoms with E-state index in [2.05, 4.69) is 15.4 Å². The monoisotopic (exact) mass is 618 g/mol. The van der Waals surface area contributed by atoms with Gasteiger partial charge in [0.2, 0.25) is 5.91 Å². The minimum atomic E-state index is -4.84. The topological polar surface area (TPSA) is 129 Å². The first-order chi connectivity index (χ1) is 20.7. The van der Waals surface area contributed by atoms with E-state index in [0.717, 1.165) is 22.9 Å². The first kappa shape index (κ1) is 31.0. The summed E-state index contributed by atoms with van der Waals surface area (Å²) in [5.74, 6) is -5.18. The number of nitrogen functional groups attached to an aromatic ring is 1. The number of hydrogen-bond acceptors (Lipinski definition) is 5. The van der Waals surface area contributed by atoms with Crippen LogP contribution in [0.15, 0.2) is 52.8 Å². The molecule has 4 unspecified atom stereocenters. The number of nitrogens with zero attached hydrogens (tertiary/aromatic N) is 3. The van der Waals surface area contributed by atoms with E-state index in [0.29, 0.717) is 18.1 Å². The van der Waals surface area contributed by atoms with Crippen LogP contribution in [0.3, 0.4) is 0 Å². The molecule has 1 heterocycles. The number of benzene rings is 2. The summed E-state index contributed by atoms with van der Waals surface area (Å²) in [5.41, 5.74) is 4.79. The van der Waals surface area contributed by atoms with Gasteiger partial charge in [-0.25, -0.2) is 13.2 Å². The number of amides is 1. The van der Waals surface area contributed by atoms with E-state index in [4.69, 9.17) is 11.1 Å². The third-order valence-electron chi connectivity index (χ3n) is 7.85. The van der Waals surface area contributed by atoms with Gasteiger partial charge in [-0.15, -0.1) is 0 Å². The second-order valence-corrected chi connectivity index (χ2v) is 10.9. The Kier molecular flexibility index (Phi) is 8.14. The van der Waals surface area contributed by atoms with E-state index in [9.17, 15) is 36.2 Å². The van der Waals surface area contributed by atoms with Gasteiger partial charge in [0.05, 0.1) is 17.4 Å². The summed E-state index contributed by atoms with van der Waals surface area (Å²) in [5, 5.41) is 24.4. The zero-order chi connectivity index (χ0) is 32.1. The highest BCUT2D eigenvalue weighted by molar-refractivity contribution is 5.95. The molecule has 0 aliphatic heterocycles. The van der Waals surface area contributed by atoms with Crippen LogP contribution in [0, 0.1) is 28.8 Å². The third-order valence-corrected chi connectivity index (χ3v) is 7.85. The first-order valence-corrected chi connectivity index (χ1v) is 13.7. The molecule has 1 saturated carbocycles. The van der Waals surface area contributed by atoms with Crippen molar-refractivity contribution in [3.05, 3.63) is 98.9 Å². The quantitative estimate of drug-likeness (QED) is 0.149. The summed E-state index contributed by atoms with van der Waals surface area (Å²) in [7, 11) is 0. The van der Waals surface area contributed by atoms with Crippen molar-refractivity contribution < 1.29 is 36.2 Å². The first-order valence-electron chi connectivity index (χ1n) is 13.7. The zero-order valence-electron chi connectivity index (χ0n) is 23.5. The lowest BCUT2D eigenvalue weighted by molar-refractivity contribution is -0.143. The number of nitrogens with one attached hydrogen (secondary N) is 2. The molecule has 5 N–H and O–H groups in total. The lowest BCUT2D eigenvalue weighted by Crippen LogP contribution is -2.30. The Morgan fingerprint density at radius 2 is 1.91 bits per heavy atom. The van der Waals surface area contributed by atoms with Gasteiger partial charge in [-0.05, 0) is 54.7 Å². The zero-order valence-corrected chi connectivity index (χ0v) is 23.5. The molecule has 232 valence electrons. The number of nitrogens with two attached hydrogens (primary N) is 1. The van der Waals surface area contributed by atoms with E-state index < -0.39 is 59.6 Å². The number of carbonyl (C=O) groups is 1. The SMILES string of the molecule is CC=N/C(=C(/Cc1cc(F)cc(F)c1)NC(=O)Cn1nc(C(F)(F)F)c2c1C1CC1C2O)C(C)c1ccc(F)c(C(=N)N)c1. The van der Waals surface area contributed by atoms with Crippen LogP contribution in [0.4, 0.5) is 26.3 Å². The maximum Gasteiger partial charge on any atom is 0.435 e. The Morgan fingerprint density at radius 1 is 1.23 bits per heavy atom. The molecule has 0 spiro atoms. The number of carbonyl (C=O) groups excluding carboxylic acids is 1. The number of aliphatic imine (C=N–C) groups is 1. The molecule has 1 fully saturated rings. The maximum atomic E-state index is 14.3. The molecule has 1 amide bonds. The van der Waals surface area contributed by atoms with Crippen molar-refractivity contribution in [2.24, 2.45) is 16.6 Å². The Morgan fingerprint density at radius 3 is 2.52 bits per heavy atom. The molecule has 8 nitrogen and oxygen atoms in total. The van der Waals surface area contributed by atoms with E-state index in [1.54, 1.807) is 13.8 Å². The van der Waals surface area contributed by atoms with Crippen LogP contribution >= 0.6 is 0 Å². The minimum Gasteiger partial charge on any atom is -0.388 e. The van der Waals surface area contributed by atoms with Gasteiger partial charge in [0, 0.05) is 47.5 Å². The average molecular weight is 619 g/mol. The molecule has 14 heteroatoms. The van der Waals surface area contributed by atoms with Gasteiger partial charge < -0.3 is 16.2 Å². The maximum absolute atomic E-state index is 14.3. The molecule has 4 atom stereocenters. The molecular weight excluding hydrogens is 590 g/mol. The van der Waals surface area contributed by atoms with Crippen molar-refractivity contribution >= 4 is 18.0 Å². The van der Waals surface area contributed by atoms with Gasteiger partial charge in [-0.2, -0.15) is 18.3 Å². The molecule has 3 aromatic rings. The highest BCUT2D eigenvalue weighted by Crippen LogP contribution is 2.63. The Balaban J connectivity index is 1.54. The molecular formula is C30H28F6N6O2. The number of aliphatic hydroxyl groups is 1. The summed E-state index contributed by atoms with van der Waals surface area (Å²) >= 11 is 0. The number of hydrogen-bond donors (Lipinski definition) is 4. The standard InChI is InChI=1S/C30H28F6N6O2/c1-3-39-25(13(2)15-4-5-21(33)20(9-15)29(37)38)22(8-14-6-16(31)10-17(32)7-14)40-23(43)12-42-26-18-11-19(18)27(44)24(26)28(41-42)30(34,35)36/h3-7,9-10,13,18-19,27,44H,8,11-12H2,1-2H3,(H3,37,38)(H,40,43)/b25-22-,39-3?. The molecule has 44 heavy (non-hydrogen) atoms. The van der Waals surface area contributed by atoms with Gasteiger partial charge >= 0.3 is 6.18 Å². The van der Waals surface area contributed by atoms with Crippen LogP contribution in [0.25, 0.3) is 0 Å². The molecule has 1 aromatic heterocycles. The fourth-order valence-electron chi connectivity index (χ4n) is 5.82. The third kappa shape index (κ3) is 5.98.